The molecule has 0 saturated heterocycles. The summed E-state index contributed by atoms with van der Waals surface area (Å²) in [7, 11) is -3.92. The van der Waals surface area contributed by atoms with Crippen molar-refractivity contribution in [3.63, 3.8) is 0 Å². The van der Waals surface area contributed by atoms with Crippen molar-refractivity contribution >= 4 is 37.6 Å². The molecule has 116 valence electrons. The zero-order chi connectivity index (χ0) is 16.2. The van der Waals surface area contributed by atoms with Crippen molar-refractivity contribution < 1.29 is 23.1 Å². The number of benzene rings is 1. The SMILES string of the molecule is CC(C)CNC(=O)CS(=O)(=O)c1cc(C(=O)O)ccc1Br. The van der Waals surface area contributed by atoms with Crippen LogP contribution in [0.5, 0.6) is 0 Å². The second kappa shape index (κ2) is 7.04. The molecule has 0 fully saturated rings. The molecule has 0 atom stereocenters. The summed E-state index contributed by atoms with van der Waals surface area (Å²) in [6.45, 7) is 4.16. The van der Waals surface area contributed by atoms with Crippen molar-refractivity contribution in [1.82, 2.24) is 5.32 Å². The monoisotopic (exact) mass is 377 g/mol. The fourth-order valence-electron chi connectivity index (χ4n) is 1.49. The molecule has 0 aliphatic rings. The van der Waals surface area contributed by atoms with Crippen LogP contribution in [0.25, 0.3) is 0 Å². The van der Waals surface area contributed by atoms with Gasteiger partial charge in [0.2, 0.25) is 5.91 Å². The first-order valence-corrected chi connectivity index (χ1v) is 8.60. The third-order valence-electron chi connectivity index (χ3n) is 2.54. The number of carboxylic acid groups (broad SMARTS) is 1. The Morgan fingerprint density at radius 3 is 2.48 bits per heavy atom. The van der Waals surface area contributed by atoms with E-state index in [1.165, 1.54) is 12.1 Å². The topological polar surface area (TPSA) is 101 Å². The molecule has 0 spiro atoms. The zero-order valence-corrected chi connectivity index (χ0v) is 14.0. The van der Waals surface area contributed by atoms with Crippen LogP contribution in [0.4, 0.5) is 0 Å². The van der Waals surface area contributed by atoms with E-state index >= 15 is 0 Å². The zero-order valence-electron chi connectivity index (χ0n) is 11.6. The van der Waals surface area contributed by atoms with Crippen molar-refractivity contribution in [3.8, 4) is 0 Å². The fraction of sp³-hybridized carbons (Fsp3) is 0.385. The van der Waals surface area contributed by atoms with E-state index in [2.05, 4.69) is 21.2 Å². The van der Waals surface area contributed by atoms with Crippen LogP contribution in [-0.4, -0.2) is 37.7 Å². The quantitative estimate of drug-likeness (QED) is 0.785. The third-order valence-corrected chi connectivity index (χ3v) is 5.15. The van der Waals surface area contributed by atoms with E-state index in [9.17, 15) is 18.0 Å². The molecule has 8 heteroatoms. The number of hydrogen-bond donors (Lipinski definition) is 2. The molecule has 0 heterocycles. The van der Waals surface area contributed by atoms with E-state index in [4.69, 9.17) is 5.11 Å². The summed E-state index contributed by atoms with van der Waals surface area (Å²) >= 11 is 3.06. The third kappa shape index (κ3) is 5.13. The van der Waals surface area contributed by atoms with Gasteiger partial charge in [0.25, 0.3) is 0 Å². The summed E-state index contributed by atoms with van der Waals surface area (Å²) in [5.41, 5.74) is -0.153. The lowest BCUT2D eigenvalue weighted by atomic mass is 10.2. The smallest absolute Gasteiger partial charge is 0.335 e. The number of halogens is 1. The van der Waals surface area contributed by atoms with Gasteiger partial charge >= 0.3 is 5.97 Å². The highest BCUT2D eigenvalue weighted by molar-refractivity contribution is 9.10. The number of carboxylic acids is 1. The van der Waals surface area contributed by atoms with Gasteiger partial charge in [-0.3, -0.25) is 4.79 Å². The molecule has 1 rings (SSSR count). The molecule has 0 saturated carbocycles. The molecule has 0 unspecified atom stereocenters. The highest BCUT2D eigenvalue weighted by Crippen LogP contribution is 2.24. The van der Waals surface area contributed by atoms with Crippen molar-refractivity contribution in [2.24, 2.45) is 5.92 Å². The molecule has 0 aliphatic carbocycles. The molecule has 0 aliphatic heterocycles. The molecule has 2 N–H and O–H groups in total. The fourth-order valence-corrected chi connectivity index (χ4v) is 3.75. The van der Waals surface area contributed by atoms with E-state index in [0.29, 0.717) is 6.54 Å². The molecule has 6 nitrogen and oxygen atoms in total. The Labute approximate surface area is 131 Å². The van der Waals surface area contributed by atoms with Crippen molar-refractivity contribution in [2.75, 3.05) is 12.3 Å². The minimum absolute atomic E-state index is 0.153. The Morgan fingerprint density at radius 1 is 1.33 bits per heavy atom. The van der Waals surface area contributed by atoms with Gasteiger partial charge in [0.05, 0.1) is 10.5 Å². The summed E-state index contributed by atoms with van der Waals surface area (Å²) in [6.07, 6.45) is 0. The van der Waals surface area contributed by atoms with E-state index < -0.39 is 27.5 Å². The van der Waals surface area contributed by atoms with Gasteiger partial charge in [0, 0.05) is 11.0 Å². The van der Waals surface area contributed by atoms with Crippen LogP contribution < -0.4 is 5.32 Å². The van der Waals surface area contributed by atoms with Crippen molar-refractivity contribution in [1.29, 1.82) is 0 Å². The molecule has 21 heavy (non-hydrogen) atoms. The molecule has 1 aromatic carbocycles. The van der Waals surface area contributed by atoms with Crippen molar-refractivity contribution in [3.05, 3.63) is 28.2 Å². The molecular weight excluding hydrogens is 362 g/mol. The number of carbonyl (C=O) groups is 2. The Balaban J connectivity index is 3.00. The summed E-state index contributed by atoms with van der Waals surface area (Å²) < 4.78 is 24.6. The average Bonchev–Trinajstić information content (AvgIpc) is 2.35. The van der Waals surface area contributed by atoms with Gasteiger partial charge in [0.15, 0.2) is 9.84 Å². The first-order chi connectivity index (χ1) is 9.63. The second-order valence-electron chi connectivity index (χ2n) is 4.91. The molecular formula is C13H16BrNO5S. The average molecular weight is 378 g/mol. The van der Waals surface area contributed by atoms with Crippen LogP contribution in [0.3, 0.4) is 0 Å². The number of rotatable bonds is 6. The lowest BCUT2D eigenvalue weighted by molar-refractivity contribution is -0.118. The Bertz CT molecular complexity index is 655. The van der Waals surface area contributed by atoms with Gasteiger partial charge < -0.3 is 10.4 Å². The highest BCUT2D eigenvalue weighted by atomic mass is 79.9. The van der Waals surface area contributed by atoms with Crippen LogP contribution >= 0.6 is 15.9 Å². The van der Waals surface area contributed by atoms with E-state index in [1.807, 2.05) is 13.8 Å². The number of amides is 1. The van der Waals surface area contributed by atoms with Gasteiger partial charge in [0.1, 0.15) is 5.75 Å². The molecule has 0 aromatic heterocycles. The predicted octanol–water partition coefficient (Wildman–Crippen LogP) is 1.69. The van der Waals surface area contributed by atoms with E-state index in [0.717, 1.165) is 6.07 Å². The van der Waals surface area contributed by atoms with Gasteiger partial charge in [-0.15, -0.1) is 0 Å². The summed E-state index contributed by atoms with van der Waals surface area (Å²) in [4.78, 5) is 22.3. The van der Waals surface area contributed by atoms with Gasteiger partial charge in [-0.05, 0) is 40.0 Å². The summed E-state index contributed by atoms with van der Waals surface area (Å²) in [6, 6.07) is 3.66. The van der Waals surface area contributed by atoms with Crippen LogP contribution in [-0.2, 0) is 14.6 Å². The maximum atomic E-state index is 12.2. The Kier molecular flexibility index (Phi) is 5.91. The minimum Gasteiger partial charge on any atom is -0.478 e. The van der Waals surface area contributed by atoms with Gasteiger partial charge in [-0.2, -0.15) is 0 Å². The van der Waals surface area contributed by atoms with Gasteiger partial charge in [-0.1, -0.05) is 13.8 Å². The highest BCUT2D eigenvalue weighted by Gasteiger charge is 2.23. The van der Waals surface area contributed by atoms with E-state index in [1.54, 1.807) is 0 Å². The number of carbonyl (C=O) groups excluding carboxylic acids is 1. The largest absolute Gasteiger partial charge is 0.478 e. The molecule has 0 radical (unpaired) electrons. The number of sulfone groups is 1. The molecule has 1 aromatic rings. The molecule has 1 amide bonds. The maximum Gasteiger partial charge on any atom is 0.335 e. The standard InChI is InChI=1S/C13H16BrNO5S/c1-8(2)6-15-12(16)7-21(19,20)11-5-9(13(17)18)3-4-10(11)14/h3-5,8H,6-7H2,1-2H3,(H,15,16)(H,17,18). The Morgan fingerprint density at radius 2 is 1.95 bits per heavy atom. The second-order valence-corrected chi connectivity index (χ2v) is 7.72. The van der Waals surface area contributed by atoms with Crippen LogP contribution in [0, 0.1) is 5.92 Å². The number of hydrogen-bond acceptors (Lipinski definition) is 4. The van der Waals surface area contributed by atoms with Crippen LogP contribution in [0.15, 0.2) is 27.6 Å². The Hall–Kier alpha value is -1.41. The lowest BCUT2D eigenvalue weighted by Crippen LogP contribution is -2.33. The first-order valence-electron chi connectivity index (χ1n) is 6.16. The lowest BCUT2D eigenvalue weighted by Gasteiger charge is -2.10. The first kappa shape index (κ1) is 17.6. The predicted molar refractivity (Wildman–Crippen MR) is 81.0 cm³/mol. The van der Waals surface area contributed by atoms with Gasteiger partial charge in [-0.25, -0.2) is 13.2 Å². The van der Waals surface area contributed by atoms with Crippen molar-refractivity contribution in [2.45, 2.75) is 18.7 Å². The molecule has 0 bridgehead atoms. The normalized spacial score (nSPS) is 11.4. The summed E-state index contributed by atoms with van der Waals surface area (Å²) in [5.74, 6) is -2.36. The number of nitrogens with one attached hydrogen (secondary N) is 1. The van der Waals surface area contributed by atoms with E-state index in [-0.39, 0.29) is 20.8 Å². The minimum atomic E-state index is -3.92. The number of aromatic carboxylic acids is 1. The van der Waals surface area contributed by atoms with Crippen LogP contribution in [0.1, 0.15) is 24.2 Å². The maximum absolute atomic E-state index is 12.2. The van der Waals surface area contributed by atoms with Crippen LogP contribution in [0.2, 0.25) is 0 Å². The summed E-state index contributed by atoms with van der Waals surface area (Å²) in [5, 5.41) is 11.4.